The molecule has 0 saturated carbocycles. The minimum atomic E-state index is -0.314. The number of amides is 2. The van der Waals surface area contributed by atoms with Crippen LogP contribution in [0.15, 0.2) is 22.4 Å². The Morgan fingerprint density at radius 1 is 1.44 bits per heavy atom. The van der Waals surface area contributed by atoms with Crippen LogP contribution < -0.4 is 15.5 Å². The van der Waals surface area contributed by atoms with E-state index in [0.717, 1.165) is 22.7 Å². The van der Waals surface area contributed by atoms with Gasteiger partial charge in [0.25, 0.3) is 0 Å². The Kier molecular flexibility index (Phi) is 5.79. The van der Waals surface area contributed by atoms with E-state index in [-0.39, 0.29) is 41.2 Å². The fraction of sp³-hybridized carbons (Fsp3) is 0.556. The molecule has 9 heteroatoms. The molecule has 1 fully saturated rings. The molecule has 1 saturated heterocycles. The average Bonchev–Trinajstić information content (AvgIpc) is 3.22. The maximum atomic E-state index is 12.5. The number of carbonyl (C=O) groups is 2. The van der Waals surface area contributed by atoms with E-state index < -0.39 is 0 Å². The smallest absolute Gasteiger partial charge is 0.307 e. The van der Waals surface area contributed by atoms with Gasteiger partial charge in [-0.15, -0.1) is 0 Å². The molecule has 1 aliphatic heterocycles. The van der Waals surface area contributed by atoms with Crippen molar-refractivity contribution in [3.8, 4) is 0 Å². The van der Waals surface area contributed by atoms with E-state index in [1.165, 1.54) is 0 Å². The van der Waals surface area contributed by atoms with Gasteiger partial charge in [-0.05, 0) is 33.3 Å². The summed E-state index contributed by atoms with van der Waals surface area (Å²) in [6, 6.07) is 1.51. The molecule has 0 aliphatic carbocycles. The number of hydrogen-bond donors (Lipinski definition) is 2. The minimum Gasteiger partial charge on any atom is -0.351 e. The van der Waals surface area contributed by atoms with Crippen LogP contribution >= 0.6 is 11.3 Å². The van der Waals surface area contributed by atoms with Crippen molar-refractivity contribution in [1.82, 2.24) is 25.0 Å². The highest BCUT2D eigenvalue weighted by atomic mass is 32.1. The Hall–Kier alpha value is -2.42. The van der Waals surface area contributed by atoms with E-state index >= 15 is 0 Å². The summed E-state index contributed by atoms with van der Waals surface area (Å²) in [6.07, 6.45) is 2.88. The molecule has 2 N–H and O–H groups in total. The standard InChI is InChI=1S/C18H25N5O3S/c1-11(2)23-14(6-8-19-23)17-13(4-5-15(24)21-17)20-16(25)7-9-22-12(3)10-27-18(22)26/h6,8,10-11,13,17H,4-5,7,9H2,1-3H3,(H,20,25)(H,21,24)/t13-,17-/m1/s1. The fourth-order valence-electron chi connectivity index (χ4n) is 3.40. The molecular weight excluding hydrogens is 366 g/mol. The van der Waals surface area contributed by atoms with Crippen LogP contribution in [0.1, 0.15) is 56.6 Å². The summed E-state index contributed by atoms with van der Waals surface area (Å²) in [5.41, 5.74) is 1.75. The first-order valence-corrected chi connectivity index (χ1v) is 10.0. The van der Waals surface area contributed by atoms with Crippen molar-refractivity contribution in [3.05, 3.63) is 38.7 Å². The van der Waals surface area contributed by atoms with Crippen LogP contribution in [0, 0.1) is 6.92 Å². The maximum absolute atomic E-state index is 12.5. The molecular formula is C18H25N5O3S. The molecule has 27 heavy (non-hydrogen) atoms. The predicted molar refractivity (Wildman–Crippen MR) is 103 cm³/mol. The highest BCUT2D eigenvalue weighted by molar-refractivity contribution is 7.07. The van der Waals surface area contributed by atoms with Gasteiger partial charge in [0.15, 0.2) is 0 Å². The molecule has 2 aromatic heterocycles. The number of hydrogen-bond acceptors (Lipinski definition) is 5. The first-order chi connectivity index (χ1) is 12.9. The predicted octanol–water partition coefficient (Wildman–Crippen LogP) is 1.52. The highest BCUT2D eigenvalue weighted by Crippen LogP contribution is 2.26. The molecule has 1 aliphatic rings. The van der Waals surface area contributed by atoms with Gasteiger partial charge in [-0.2, -0.15) is 5.10 Å². The number of aryl methyl sites for hydroxylation is 1. The molecule has 2 amide bonds. The monoisotopic (exact) mass is 391 g/mol. The van der Waals surface area contributed by atoms with E-state index in [4.69, 9.17) is 0 Å². The zero-order chi connectivity index (χ0) is 19.6. The molecule has 3 rings (SSSR count). The number of piperidine rings is 1. The van der Waals surface area contributed by atoms with Crippen LogP contribution in [0.4, 0.5) is 0 Å². The van der Waals surface area contributed by atoms with Crippen molar-refractivity contribution >= 4 is 23.2 Å². The number of nitrogens with zero attached hydrogens (tertiary/aromatic N) is 3. The maximum Gasteiger partial charge on any atom is 0.307 e. The van der Waals surface area contributed by atoms with Gasteiger partial charge in [0, 0.05) is 42.7 Å². The zero-order valence-electron chi connectivity index (χ0n) is 15.8. The molecule has 3 heterocycles. The lowest BCUT2D eigenvalue weighted by Gasteiger charge is -2.33. The molecule has 0 aromatic carbocycles. The van der Waals surface area contributed by atoms with Crippen molar-refractivity contribution in [2.75, 3.05) is 0 Å². The van der Waals surface area contributed by atoms with Crippen molar-refractivity contribution in [2.45, 2.75) is 64.7 Å². The fourth-order valence-corrected chi connectivity index (χ4v) is 4.17. The van der Waals surface area contributed by atoms with E-state index in [2.05, 4.69) is 15.7 Å². The van der Waals surface area contributed by atoms with E-state index in [0.29, 0.717) is 19.4 Å². The quantitative estimate of drug-likeness (QED) is 0.780. The van der Waals surface area contributed by atoms with Gasteiger partial charge in [-0.25, -0.2) is 0 Å². The molecule has 0 unspecified atom stereocenters. The number of carbonyl (C=O) groups excluding carboxylic acids is 2. The van der Waals surface area contributed by atoms with Crippen LogP contribution in [-0.2, 0) is 16.1 Å². The summed E-state index contributed by atoms with van der Waals surface area (Å²) < 4.78 is 3.47. The van der Waals surface area contributed by atoms with Gasteiger partial charge in [0.1, 0.15) is 0 Å². The molecule has 2 aromatic rings. The van der Waals surface area contributed by atoms with Crippen molar-refractivity contribution in [1.29, 1.82) is 0 Å². The second-order valence-electron chi connectivity index (χ2n) is 7.10. The summed E-state index contributed by atoms with van der Waals surface area (Å²) in [5.74, 6) is -0.156. The summed E-state index contributed by atoms with van der Waals surface area (Å²) in [5, 5.41) is 12.2. The van der Waals surface area contributed by atoms with Crippen molar-refractivity contribution < 1.29 is 9.59 Å². The lowest BCUT2D eigenvalue weighted by Crippen LogP contribution is -2.51. The second-order valence-corrected chi connectivity index (χ2v) is 7.92. The average molecular weight is 391 g/mol. The molecule has 0 spiro atoms. The largest absolute Gasteiger partial charge is 0.351 e. The summed E-state index contributed by atoms with van der Waals surface area (Å²) in [6.45, 7) is 6.26. The third-order valence-corrected chi connectivity index (χ3v) is 5.68. The topological polar surface area (TPSA) is 98.0 Å². The number of nitrogens with one attached hydrogen (secondary N) is 2. The van der Waals surface area contributed by atoms with E-state index in [1.54, 1.807) is 16.1 Å². The van der Waals surface area contributed by atoms with Gasteiger partial charge < -0.3 is 15.2 Å². The Bertz CT molecular complexity index is 882. The van der Waals surface area contributed by atoms with E-state index in [1.807, 2.05) is 31.5 Å². The SMILES string of the molecule is Cc1csc(=O)n1CCC(=O)N[C@@H]1CCC(=O)N[C@H]1c1ccnn1C(C)C. The zero-order valence-corrected chi connectivity index (χ0v) is 16.6. The first kappa shape index (κ1) is 19.3. The summed E-state index contributed by atoms with van der Waals surface area (Å²) in [7, 11) is 0. The van der Waals surface area contributed by atoms with Gasteiger partial charge in [-0.1, -0.05) is 11.3 Å². The summed E-state index contributed by atoms with van der Waals surface area (Å²) >= 11 is 1.14. The van der Waals surface area contributed by atoms with Crippen LogP contribution in [0.5, 0.6) is 0 Å². The molecule has 0 radical (unpaired) electrons. The Labute approximate surface area is 161 Å². The van der Waals surface area contributed by atoms with Crippen molar-refractivity contribution in [2.24, 2.45) is 0 Å². The lowest BCUT2D eigenvalue weighted by molar-refractivity contribution is -0.127. The van der Waals surface area contributed by atoms with Crippen LogP contribution in [-0.4, -0.2) is 32.2 Å². The Balaban J connectivity index is 1.69. The first-order valence-electron chi connectivity index (χ1n) is 9.14. The third-order valence-electron chi connectivity index (χ3n) is 4.80. The highest BCUT2D eigenvalue weighted by Gasteiger charge is 2.33. The second kappa shape index (κ2) is 8.08. The molecule has 0 bridgehead atoms. The van der Waals surface area contributed by atoms with E-state index in [9.17, 15) is 14.4 Å². The van der Waals surface area contributed by atoms with Gasteiger partial charge in [-0.3, -0.25) is 19.1 Å². The Morgan fingerprint density at radius 3 is 2.89 bits per heavy atom. The Morgan fingerprint density at radius 2 is 2.22 bits per heavy atom. The summed E-state index contributed by atoms with van der Waals surface area (Å²) in [4.78, 5) is 36.2. The number of aromatic nitrogens is 3. The van der Waals surface area contributed by atoms with Crippen LogP contribution in [0.2, 0.25) is 0 Å². The van der Waals surface area contributed by atoms with Gasteiger partial charge in [0.05, 0.1) is 17.8 Å². The van der Waals surface area contributed by atoms with Gasteiger partial charge in [0.2, 0.25) is 11.8 Å². The van der Waals surface area contributed by atoms with Crippen molar-refractivity contribution in [3.63, 3.8) is 0 Å². The normalized spacial score (nSPS) is 19.9. The van der Waals surface area contributed by atoms with Crippen LogP contribution in [0.25, 0.3) is 0 Å². The van der Waals surface area contributed by atoms with Gasteiger partial charge >= 0.3 is 4.87 Å². The number of thiazole rings is 1. The minimum absolute atomic E-state index is 0.0255. The molecule has 8 nitrogen and oxygen atoms in total. The molecule has 146 valence electrons. The molecule has 2 atom stereocenters. The lowest BCUT2D eigenvalue weighted by atomic mass is 9.94. The number of rotatable bonds is 6. The van der Waals surface area contributed by atoms with Crippen LogP contribution in [0.3, 0.4) is 0 Å². The third kappa shape index (κ3) is 4.29.